The first-order valence-electron chi connectivity index (χ1n) is 29.7. The van der Waals surface area contributed by atoms with Crippen molar-refractivity contribution in [1.82, 2.24) is 0 Å². The summed E-state index contributed by atoms with van der Waals surface area (Å²) in [7, 11) is 0. The lowest BCUT2D eigenvalue weighted by Gasteiger charge is -2.18. The van der Waals surface area contributed by atoms with Gasteiger partial charge >= 0.3 is 11.9 Å². The molecule has 0 aliphatic rings. The Morgan fingerprint density at radius 2 is 0.625 bits per heavy atom. The van der Waals surface area contributed by atoms with E-state index in [1.807, 2.05) is 0 Å². The van der Waals surface area contributed by atoms with Gasteiger partial charge in [0.15, 0.2) is 6.10 Å². The quantitative estimate of drug-likeness (QED) is 0.0345. The second-order valence-corrected chi connectivity index (χ2v) is 19.1. The van der Waals surface area contributed by atoms with Gasteiger partial charge in [0.2, 0.25) is 0 Å². The molecule has 0 aromatic heterocycles. The van der Waals surface area contributed by atoms with Crippen molar-refractivity contribution in [2.75, 3.05) is 19.8 Å². The number of hydrogen-bond acceptors (Lipinski definition) is 5. The Morgan fingerprint density at radius 3 is 1.03 bits per heavy atom. The van der Waals surface area contributed by atoms with Crippen molar-refractivity contribution in [1.29, 1.82) is 0 Å². The summed E-state index contributed by atoms with van der Waals surface area (Å²) in [4.78, 5) is 25.6. The number of esters is 2. The van der Waals surface area contributed by atoms with Crippen molar-refractivity contribution in [2.45, 2.75) is 258 Å². The fraction of sp³-hybridized carbons (Fsp3) is 0.642. The Kier molecular flexibility index (Phi) is 58.0. The summed E-state index contributed by atoms with van der Waals surface area (Å²) in [5.74, 6) is -0.458. The third-order valence-electron chi connectivity index (χ3n) is 12.2. The van der Waals surface area contributed by atoms with Gasteiger partial charge in [-0.3, -0.25) is 9.59 Å². The van der Waals surface area contributed by atoms with Gasteiger partial charge in [-0.05, 0) is 135 Å². The van der Waals surface area contributed by atoms with Crippen LogP contribution in [0.25, 0.3) is 0 Å². The summed E-state index contributed by atoms with van der Waals surface area (Å²) in [6.07, 6.45) is 87.6. The van der Waals surface area contributed by atoms with Gasteiger partial charge in [0.25, 0.3) is 0 Å². The fourth-order valence-electron chi connectivity index (χ4n) is 7.79. The highest BCUT2D eigenvalue weighted by atomic mass is 16.6. The average molecular weight is 996 g/mol. The van der Waals surface area contributed by atoms with E-state index in [1.54, 1.807) is 0 Å². The Hall–Kier alpha value is -3.96. The third-order valence-corrected chi connectivity index (χ3v) is 12.2. The highest BCUT2D eigenvalue weighted by Crippen LogP contribution is 2.14. The van der Waals surface area contributed by atoms with Crippen molar-refractivity contribution in [3.05, 3.63) is 134 Å². The van der Waals surface area contributed by atoms with E-state index in [1.165, 1.54) is 83.5 Å². The fourth-order valence-corrected chi connectivity index (χ4v) is 7.79. The Bertz CT molecular complexity index is 1500. The minimum Gasteiger partial charge on any atom is -0.462 e. The first-order chi connectivity index (χ1) is 35.6. The standard InChI is InChI=1S/C67H110O5/c1-4-7-10-13-16-19-22-25-28-31-33-35-38-41-44-47-50-53-56-59-62-70-63-65(72-67(69)61-58-55-52-49-46-43-40-36-30-27-24-21-18-15-12-9-6-3)64-71-66(68)60-57-54-51-48-45-42-39-37-34-32-29-26-23-20-17-14-11-8-5-2/h7-8,10-11,16-17,19-20,25-30,33-35,37,41-42,44-45,65H,4-6,9,12-15,18,21-24,31-32,36,38-40,43,46-64H2,1-3H3/b10-7-,11-8-,19-16-,20-17-,28-25-,29-26-,30-27-,35-33-,37-34-,44-41-,45-42-. The molecule has 0 fully saturated rings. The summed E-state index contributed by atoms with van der Waals surface area (Å²) in [6, 6.07) is 0. The number of unbranched alkanes of at least 4 members (excludes halogenated alkanes) is 20. The molecular weight excluding hydrogens is 885 g/mol. The van der Waals surface area contributed by atoms with E-state index in [4.69, 9.17) is 14.2 Å². The number of allylic oxidation sites excluding steroid dienone is 22. The number of hydrogen-bond donors (Lipinski definition) is 0. The SMILES string of the molecule is CC/C=C\C/C=C\C/C=C\C/C=C\C/C=C\CCCCCCOCC(COC(=O)CCCCC/C=C\C/C=C\C/C=C\C/C=C\C/C=C\CC)OC(=O)CCCCCCCCC/C=C\CCCCCCCC. The molecule has 1 unspecified atom stereocenters. The third kappa shape index (κ3) is 58.6. The summed E-state index contributed by atoms with van der Waals surface area (Å²) in [5.41, 5.74) is 0. The minimum absolute atomic E-state index is 0.0477. The maximum absolute atomic E-state index is 12.9. The monoisotopic (exact) mass is 995 g/mol. The molecule has 408 valence electrons. The Labute approximate surface area is 445 Å². The number of rotatable bonds is 53. The summed E-state index contributed by atoms with van der Waals surface area (Å²) < 4.78 is 17.5. The van der Waals surface area contributed by atoms with E-state index in [2.05, 4.69) is 154 Å². The van der Waals surface area contributed by atoms with Gasteiger partial charge < -0.3 is 14.2 Å². The smallest absolute Gasteiger partial charge is 0.306 e. The van der Waals surface area contributed by atoms with E-state index in [0.717, 1.165) is 135 Å². The molecule has 0 aliphatic carbocycles. The van der Waals surface area contributed by atoms with Gasteiger partial charge in [0, 0.05) is 19.4 Å². The normalized spacial score (nSPS) is 13.2. The molecule has 1 atom stereocenters. The first-order valence-corrected chi connectivity index (χ1v) is 29.7. The molecule has 72 heavy (non-hydrogen) atoms. The van der Waals surface area contributed by atoms with Gasteiger partial charge in [0.1, 0.15) is 6.61 Å². The summed E-state index contributed by atoms with van der Waals surface area (Å²) >= 11 is 0. The van der Waals surface area contributed by atoms with Crippen LogP contribution in [0.5, 0.6) is 0 Å². The molecule has 0 aromatic rings. The predicted molar refractivity (Wildman–Crippen MR) is 315 cm³/mol. The maximum atomic E-state index is 12.9. The van der Waals surface area contributed by atoms with Gasteiger partial charge in [-0.25, -0.2) is 0 Å². The van der Waals surface area contributed by atoms with E-state index in [-0.39, 0.29) is 25.2 Å². The molecule has 0 saturated carbocycles. The van der Waals surface area contributed by atoms with Crippen LogP contribution >= 0.6 is 0 Å². The molecule has 0 amide bonds. The van der Waals surface area contributed by atoms with Gasteiger partial charge in [-0.15, -0.1) is 0 Å². The lowest BCUT2D eigenvalue weighted by molar-refractivity contribution is -0.163. The Balaban J connectivity index is 4.43. The molecule has 0 heterocycles. The van der Waals surface area contributed by atoms with Crippen LogP contribution in [-0.4, -0.2) is 37.9 Å². The summed E-state index contributed by atoms with van der Waals surface area (Å²) in [5, 5.41) is 0. The molecule has 0 rings (SSSR count). The highest BCUT2D eigenvalue weighted by Gasteiger charge is 2.17. The van der Waals surface area contributed by atoms with Crippen LogP contribution in [0.3, 0.4) is 0 Å². The zero-order valence-corrected chi connectivity index (χ0v) is 46.9. The molecule has 5 nitrogen and oxygen atoms in total. The van der Waals surface area contributed by atoms with Crippen LogP contribution in [0.15, 0.2) is 134 Å². The molecule has 0 bridgehead atoms. The molecule has 0 aliphatic heterocycles. The molecule has 5 heteroatoms. The van der Waals surface area contributed by atoms with Gasteiger partial charge in [-0.2, -0.15) is 0 Å². The average Bonchev–Trinajstić information content (AvgIpc) is 3.38. The molecule has 0 saturated heterocycles. The zero-order valence-electron chi connectivity index (χ0n) is 46.9. The minimum atomic E-state index is -0.577. The first kappa shape index (κ1) is 68.0. The molecule has 0 spiro atoms. The second-order valence-electron chi connectivity index (χ2n) is 19.1. The van der Waals surface area contributed by atoms with Gasteiger partial charge in [-0.1, -0.05) is 238 Å². The second kappa shape index (κ2) is 61.3. The van der Waals surface area contributed by atoms with Crippen LogP contribution < -0.4 is 0 Å². The predicted octanol–water partition coefficient (Wildman–Crippen LogP) is 20.7. The van der Waals surface area contributed by atoms with E-state index in [9.17, 15) is 9.59 Å². The van der Waals surface area contributed by atoms with Crippen LogP contribution in [0.2, 0.25) is 0 Å². The number of carbonyl (C=O) groups is 2. The lowest BCUT2D eigenvalue weighted by atomic mass is 10.1. The van der Waals surface area contributed by atoms with Crippen molar-refractivity contribution in [3.8, 4) is 0 Å². The van der Waals surface area contributed by atoms with Crippen LogP contribution in [0, 0.1) is 0 Å². The van der Waals surface area contributed by atoms with Crippen molar-refractivity contribution < 1.29 is 23.8 Å². The van der Waals surface area contributed by atoms with Crippen LogP contribution in [0.1, 0.15) is 252 Å². The molecular formula is C67H110O5. The molecule has 0 aromatic carbocycles. The lowest BCUT2D eigenvalue weighted by Crippen LogP contribution is -2.30. The largest absolute Gasteiger partial charge is 0.462 e. The van der Waals surface area contributed by atoms with Crippen LogP contribution in [-0.2, 0) is 23.8 Å². The highest BCUT2D eigenvalue weighted by molar-refractivity contribution is 5.70. The Morgan fingerprint density at radius 1 is 0.319 bits per heavy atom. The summed E-state index contributed by atoms with van der Waals surface area (Å²) in [6.45, 7) is 7.50. The van der Waals surface area contributed by atoms with Crippen LogP contribution in [0.4, 0.5) is 0 Å². The molecule has 0 N–H and O–H groups in total. The molecule has 0 radical (unpaired) electrons. The van der Waals surface area contributed by atoms with Crippen molar-refractivity contribution in [3.63, 3.8) is 0 Å². The number of ether oxygens (including phenoxy) is 3. The zero-order chi connectivity index (χ0) is 52.0. The van der Waals surface area contributed by atoms with Gasteiger partial charge in [0.05, 0.1) is 6.61 Å². The topological polar surface area (TPSA) is 61.8 Å². The van der Waals surface area contributed by atoms with Crippen molar-refractivity contribution >= 4 is 11.9 Å². The number of carbonyl (C=O) groups excluding carboxylic acids is 2. The van der Waals surface area contributed by atoms with Crippen molar-refractivity contribution in [2.24, 2.45) is 0 Å². The van der Waals surface area contributed by atoms with E-state index in [0.29, 0.717) is 19.4 Å². The van der Waals surface area contributed by atoms with E-state index < -0.39 is 6.10 Å². The maximum Gasteiger partial charge on any atom is 0.306 e. The van der Waals surface area contributed by atoms with E-state index >= 15 is 0 Å².